The summed E-state index contributed by atoms with van der Waals surface area (Å²) in [5.41, 5.74) is 0. The van der Waals surface area contributed by atoms with E-state index in [2.05, 4.69) is 4.74 Å². The molecule has 1 heterocycles. The number of ether oxygens (including phenoxy) is 1. The number of nitrogens with zero attached hydrogens (tertiary/aromatic N) is 1. The first-order valence-electron chi connectivity index (χ1n) is 4.83. The van der Waals surface area contributed by atoms with E-state index in [1.54, 1.807) is 0 Å². The maximum atomic E-state index is 11.8. The minimum Gasteiger partial charge on any atom is -0.467 e. The number of rotatable bonds is 1. The van der Waals surface area contributed by atoms with Crippen molar-refractivity contribution in [2.24, 2.45) is 0 Å². The van der Waals surface area contributed by atoms with Crippen LogP contribution in [0.5, 0.6) is 0 Å². The van der Waals surface area contributed by atoms with E-state index in [1.807, 2.05) is 0 Å². The van der Waals surface area contributed by atoms with Gasteiger partial charge in [-0.05, 0) is 19.3 Å². The number of hydrogen-bond acceptors (Lipinski definition) is 3. The molecule has 1 atom stereocenters. The summed E-state index contributed by atoms with van der Waals surface area (Å²) >= 11 is 16.6. The Bertz CT molecular complexity index is 290. The van der Waals surface area contributed by atoms with Crippen molar-refractivity contribution < 1.29 is 14.3 Å². The third-order valence-electron chi connectivity index (χ3n) is 2.48. The molecule has 0 aromatic carbocycles. The number of hydrogen-bond donors (Lipinski definition) is 0. The van der Waals surface area contributed by atoms with E-state index >= 15 is 0 Å². The standard InChI is InChI=1S/C9H12Cl3NO3/c1-16-7(14)6-4-2-3-5-13(6)8(15)9(10,11)12/h6H,2-5H2,1H3. The van der Waals surface area contributed by atoms with Gasteiger partial charge < -0.3 is 9.64 Å². The zero-order chi connectivity index (χ0) is 12.3. The zero-order valence-electron chi connectivity index (χ0n) is 8.71. The number of halogens is 3. The van der Waals surface area contributed by atoms with Gasteiger partial charge in [-0.3, -0.25) is 4.79 Å². The van der Waals surface area contributed by atoms with E-state index in [0.717, 1.165) is 12.8 Å². The molecule has 92 valence electrons. The smallest absolute Gasteiger partial charge is 0.328 e. The van der Waals surface area contributed by atoms with E-state index in [-0.39, 0.29) is 0 Å². The molecule has 4 nitrogen and oxygen atoms in total. The van der Waals surface area contributed by atoms with Crippen LogP contribution in [-0.2, 0) is 14.3 Å². The molecule has 0 N–H and O–H groups in total. The summed E-state index contributed by atoms with van der Waals surface area (Å²) in [5.74, 6) is -1.14. The van der Waals surface area contributed by atoms with Gasteiger partial charge in [0.1, 0.15) is 6.04 Å². The molecule has 1 saturated heterocycles. The molecule has 1 rings (SSSR count). The molecule has 0 aromatic heterocycles. The van der Waals surface area contributed by atoms with E-state index in [9.17, 15) is 9.59 Å². The molecule has 1 fully saturated rings. The Morgan fingerprint density at radius 2 is 1.94 bits per heavy atom. The summed E-state index contributed by atoms with van der Waals surface area (Å²) in [5, 5.41) is 0. The van der Waals surface area contributed by atoms with Crippen molar-refractivity contribution in [2.75, 3.05) is 13.7 Å². The molecule has 0 aliphatic carbocycles. The van der Waals surface area contributed by atoms with Crippen molar-refractivity contribution >= 4 is 46.7 Å². The number of alkyl halides is 3. The molecule has 7 heteroatoms. The Morgan fingerprint density at radius 3 is 2.44 bits per heavy atom. The van der Waals surface area contributed by atoms with Crippen LogP contribution in [0.3, 0.4) is 0 Å². The molecule has 1 aliphatic heterocycles. The van der Waals surface area contributed by atoms with Crippen molar-refractivity contribution in [3.05, 3.63) is 0 Å². The monoisotopic (exact) mass is 287 g/mol. The van der Waals surface area contributed by atoms with Crippen molar-refractivity contribution in [3.8, 4) is 0 Å². The van der Waals surface area contributed by atoms with Crippen LogP contribution in [0, 0.1) is 0 Å². The fourth-order valence-corrected chi connectivity index (χ4v) is 2.04. The van der Waals surface area contributed by atoms with Crippen LogP contribution in [0.1, 0.15) is 19.3 Å². The van der Waals surface area contributed by atoms with Gasteiger partial charge in [0.05, 0.1) is 7.11 Å². The van der Waals surface area contributed by atoms with Crippen LogP contribution in [0.2, 0.25) is 0 Å². The quantitative estimate of drug-likeness (QED) is 0.547. The highest BCUT2D eigenvalue weighted by atomic mass is 35.6. The first-order valence-corrected chi connectivity index (χ1v) is 5.97. The van der Waals surface area contributed by atoms with Crippen LogP contribution in [0.25, 0.3) is 0 Å². The highest BCUT2D eigenvalue weighted by Crippen LogP contribution is 2.31. The minimum atomic E-state index is -2.02. The highest BCUT2D eigenvalue weighted by molar-refractivity contribution is 6.76. The molecule has 1 unspecified atom stereocenters. The molecule has 0 saturated carbocycles. The van der Waals surface area contributed by atoms with Crippen LogP contribution in [0.15, 0.2) is 0 Å². The van der Waals surface area contributed by atoms with Crippen molar-refractivity contribution in [2.45, 2.75) is 29.1 Å². The predicted molar refractivity (Wildman–Crippen MR) is 61.7 cm³/mol. The Labute approximate surface area is 109 Å². The molecule has 16 heavy (non-hydrogen) atoms. The number of carbonyl (C=O) groups excluding carboxylic acids is 2. The van der Waals surface area contributed by atoms with Gasteiger partial charge in [0.15, 0.2) is 0 Å². The average Bonchev–Trinajstić information content (AvgIpc) is 2.25. The molecular weight excluding hydrogens is 276 g/mol. The fourth-order valence-electron chi connectivity index (χ4n) is 1.72. The van der Waals surface area contributed by atoms with Crippen LogP contribution in [0.4, 0.5) is 0 Å². The number of carbonyl (C=O) groups is 2. The number of piperidine rings is 1. The fraction of sp³-hybridized carbons (Fsp3) is 0.778. The number of esters is 1. The number of methoxy groups -OCH3 is 1. The normalized spacial score (nSPS) is 21.8. The van der Waals surface area contributed by atoms with E-state index < -0.39 is 21.7 Å². The maximum Gasteiger partial charge on any atom is 0.328 e. The molecule has 0 radical (unpaired) electrons. The molecular formula is C9H12Cl3NO3. The lowest BCUT2D eigenvalue weighted by Crippen LogP contribution is -2.52. The first kappa shape index (κ1) is 13.9. The summed E-state index contributed by atoms with van der Waals surface area (Å²) in [7, 11) is 1.27. The second kappa shape index (κ2) is 5.43. The first-order chi connectivity index (χ1) is 7.38. The molecule has 0 aromatic rings. The Morgan fingerprint density at radius 1 is 1.31 bits per heavy atom. The minimum absolute atomic E-state index is 0.409. The van der Waals surface area contributed by atoms with Gasteiger partial charge in [-0.25, -0.2) is 4.79 Å². The lowest BCUT2D eigenvalue weighted by Gasteiger charge is -2.35. The van der Waals surface area contributed by atoms with E-state index in [0.29, 0.717) is 13.0 Å². The van der Waals surface area contributed by atoms with Gasteiger partial charge in [-0.2, -0.15) is 0 Å². The summed E-state index contributed by atoms with van der Waals surface area (Å²) < 4.78 is 2.60. The molecule has 1 aliphatic rings. The Balaban J connectivity index is 2.82. The summed E-state index contributed by atoms with van der Waals surface area (Å²) in [6.45, 7) is 0.409. The predicted octanol–water partition coefficient (Wildman–Crippen LogP) is 1.91. The zero-order valence-corrected chi connectivity index (χ0v) is 11.0. The topological polar surface area (TPSA) is 46.6 Å². The SMILES string of the molecule is COC(=O)C1CCCCN1C(=O)C(Cl)(Cl)Cl. The van der Waals surface area contributed by atoms with Crippen molar-refractivity contribution in [3.63, 3.8) is 0 Å². The van der Waals surface area contributed by atoms with Gasteiger partial charge in [-0.15, -0.1) is 0 Å². The Hall–Kier alpha value is -0.190. The number of likely N-dealkylation sites (tertiary alicyclic amines) is 1. The lowest BCUT2D eigenvalue weighted by atomic mass is 10.0. The van der Waals surface area contributed by atoms with Gasteiger partial charge >= 0.3 is 5.97 Å². The summed E-state index contributed by atoms with van der Waals surface area (Å²) in [6.07, 6.45) is 2.18. The second-order valence-electron chi connectivity index (χ2n) is 3.53. The average molecular weight is 289 g/mol. The van der Waals surface area contributed by atoms with Gasteiger partial charge in [0.2, 0.25) is 0 Å². The highest BCUT2D eigenvalue weighted by Gasteiger charge is 2.41. The second-order valence-corrected chi connectivity index (χ2v) is 5.81. The third kappa shape index (κ3) is 3.15. The van der Waals surface area contributed by atoms with Crippen molar-refractivity contribution in [1.82, 2.24) is 4.90 Å². The third-order valence-corrected chi connectivity index (χ3v) is 2.96. The summed E-state index contributed by atoms with van der Waals surface area (Å²) in [4.78, 5) is 24.5. The maximum absolute atomic E-state index is 11.8. The lowest BCUT2D eigenvalue weighted by molar-refractivity contribution is -0.154. The van der Waals surface area contributed by atoms with Crippen LogP contribution >= 0.6 is 34.8 Å². The van der Waals surface area contributed by atoms with Gasteiger partial charge in [-0.1, -0.05) is 34.8 Å². The van der Waals surface area contributed by atoms with Gasteiger partial charge in [0.25, 0.3) is 9.70 Å². The number of amides is 1. The molecule has 0 bridgehead atoms. The Kier molecular flexibility index (Phi) is 4.71. The molecule has 0 spiro atoms. The molecule has 1 amide bonds. The van der Waals surface area contributed by atoms with Crippen molar-refractivity contribution in [1.29, 1.82) is 0 Å². The summed E-state index contributed by atoms with van der Waals surface area (Å²) in [6, 6.07) is -0.637. The van der Waals surface area contributed by atoms with Crippen LogP contribution < -0.4 is 0 Å². The van der Waals surface area contributed by atoms with E-state index in [4.69, 9.17) is 34.8 Å². The van der Waals surface area contributed by atoms with E-state index in [1.165, 1.54) is 12.0 Å². The van der Waals surface area contributed by atoms with Gasteiger partial charge in [0, 0.05) is 6.54 Å². The largest absolute Gasteiger partial charge is 0.467 e. The van der Waals surface area contributed by atoms with Crippen LogP contribution in [-0.4, -0.2) is 40.3 Å².